The van der Waals surface area contributed by atoms with Crippen LogP contribution in [0.5, 0.6) is 0 Å². The van der Waals surface area contributed by atoms with Gasteiger partial charge in [-0.3, -0.25) is 4.79 Å². The predicted octanol–water partition coefficient (Wildman–Crippen LogP) is 2.37. The van der Waals surface area contributed by atoms with Crippen molar-refractivity contribution in [1.29, 1.82) is 0 Å². The molecule has 2 fully saturated rings. The fourth-order valence-electron chi connectivity index (χ4n) is 3.41. The highest BCUT2D eigenvalue weighted by Gasteiger charge is 2.31. The molecule has 1 saturated carbocycles. The highest BCUT2D eigenvalue weighted by Crippen LogP contribution is 2.25. The third-order valence-electron chi connectivity index (χ3n) is 4.89. The van der Waals surface area contributed by atoms with Gasteiger partial charge < -0.3 is 9.73 Å². The lowest BCUT2D eigenvalue weighted by Crippen LogP contribution is -2.40. The van der Waals surface area contributed by atoms with Crippen LogP contribution >= 0.6 is 0 Å². The van der Waals surface area contributed by atoms with E-state index in [1.807, 2.05) is 0 Å². The molecule has 2 heterocycles. The lowest BCUT2D eigenvalue weighted by atomic mass is 9.86. The van der Waals surface area contributed by atoms with Gasteiger partial charge in [-0.15, -0.1) is 0 Å². The Balaban J connectivity index is 1.70. The quantitative estimate of drug-likeness (QED) is 0.912. The van der Waals surface area contributed by atoms with Crippen LogP contribution in [0.25, 0.3) is 0 Å². The lowest BCUT2D eigenvalue weighted by Gasteiger charge is -2.29. The van der Waals surface area contributed by atoms with Crippen molar-refractivity contribution in [3.05, 3.63) is 17.9 Å². The Bertz CT molecular complexity index is 661. The summed E-state index contributed by atoms with van der Waals surface area (Å²) in [5.74, 6) is 0.183. The fourth-order valence-corrected chi connectivity index (χ4v) is 4.84. The monoisotopic (exact) mass is 340 g/mol. The van der Waals surface area contributed by atoms with E-state index >= 15 is 0 Å². The average molecular weight is 340 g/mol. The van der Waals surface area contributed by atoms with Gasteiger partial charge in [0.2, 0.25) is 5.09 Å². The molecule has 1 aliphatic heterocycles. The van der Waals surface area contributed by atoms with Crippen molar-refractivity contribution < 1.29 is 17.6 Å². The molecular formula is C16H24N2O4S. The predicted molar refractivity (Wildman–Crippen MR) is 85.6 cm³/mol. The van der Waals surface area contributed by atoms with Gasteiger partial charge in [-0.25, -0.2) is 8.42 Å². The topological polar surface area (TPSA) is 79.6 Å². The summed E-state index contributed by atoms with van der Waals surface area (Å²) in [6.07, 6.45) is 6.12. The number of hydrogen-bond donors (Lipinski definition) is 1. The molecule has 1 amide bonds. The molecule has 1 saturated heterocycles. The number of carbonyl (C=O) groups is 1. The number of amides is 1. The Hall–Kier alpha value is -1.34. The second-order valence-corrected chi connectivity index (χ2v) is 8.44. The van der Waals surface area contributed by atoms with E-state index in [1.165, 1.54) is 22.9 Å². The number of nitrogens with zero attached hydrogens (tertiary/aromatic N) is 1. The van der Waals surface area contributed by atoms with Gasteiger partial charge in [-0.05, 0) is 43.7 Å². The SMILES string of the molecule is CC1CCCCC1NC(=O)c1ccc(S(=O)(=O)N2CCCC2)o1. The molecule has 0 aromatic carbocycles. The number of carbonyl (C=O) groups excluding carboxylic acids is 1. The molecule has 2 aliphatic rings. The van der Waals surface area contributed by atoms with Crippen molar-refractivity contribution in [2.45, 2.75) is 56.6 Å². The minimum absolute atomic E-state index is 0.0699. The zero-order valence-corrected chi connectivity index (χ0v) is 14.3. The van der Waals surface area contributed by atoms with Gasteiger partial charge in [0.05, 0.1) is 0 Å². The molecule has 1 aromatic rings. The van der Waals surface area contributed by atoms with Crippen molar-refractivity contribution in [2.75, 3.05) is 13.1 Å². The molecule has 0 spiro atoms. The third kappa shape index (κ3) is 3.45. The first-order chi connectivity index (χ1) is 11.0. The summed E-state index contributed by atoms with van der Waals surface area (Å²) < 4.78 is 31.6. The van der Waals surface area contributed by atoms with E-state index in [4.69, 9.17) is 4.42 Å². The van der Waals surface area contributed by atoms with Crippen LogP contribution in [-0.2, 0) is 10.0 Å². The van der Waals surface area contributed by atoms with Crippen LogP contribution in [0.3, 0.4) is 0 Å². The Kier molecular flexibility index (Phi) is 4.77. The van der Waals surface area contributed by atoms with Crippen molar-refractivity contribution >= 4 is 15.9 Å². The fraction of sp³-hybridized carbons (Fsp3) is 0.688. The highest BCUT2D eigenvalue weighted by atomic mass is 32.2. The van der Waals surface area contributed by atoms with Crippen LogP contribution < -0.4 is 5.32 Å². The van der Waals surface area contributed by atoms with E-state index in [0.29, 0.717) is 19.0 Å². The first kappa shape index (κ1) is 16.5. The summed E-state index contributed by atoms with van der Waals surface area (Å²) in [4.78, 5) is 12.3. The smallest absolute Gasteiger partial charge is 0.287 e. The molecule has 0 radical (unpaired) electrons. The Morgan fingerprint density at radius 2 is 1.87 bits per heavy atom. The van der Waals surface area contributed by atoms with Gasteiger partial charge in [0.1, 0.15) is 0 Å². The average Bonchev–Trinajstić information content (AvgIpc) is 3.21. The molecule has 2 atom stereocenters. The van der Waals surface area contributed by atoms with Crippen LogP contribution in [0.4, 0.5) is 0 Å². The third-order valence-corrected chi connectivity index (χ3v) is 6.67. The number of furan rings is 1. The second kappa shape index (κ2) is 6.65. The van der Waals surface area contributed by atoms with Gasteiger partial charge in [0.25, 0.3) is 15.9 Å². The first-order valence-electron chi connectivity index (χ1n) is 8.39. The van der Waals surface area contributed by atoms with Gasteiger partial charge >= 0.3 is 0 Å². The van der Waals surface area contributed by atoms with Gasteiger partial charge in [-0.1, -0.05) is 19.8 Å². The molecule has 23 heavy (non-hydrogen) atoms. The molecule has 2 unspecified atom stereocenters. The maximum atomic E-state index is 12.4. The van der Waals surface area contributed by atoms with E-state index < -0.39 is 10.0 Å². The normalized spacial score (nSPS) is 26.3. The maximum Gasteiger partial charge on any atom is 0.287 e. The van der Waals surface area contributed by atoms with Crippen LogP contribution in [0, 0.1) is 5.92 Å². The summed E-state index contributed by atoms with van der Waals surface area (Å²) >= 11 is 0. The summed E-state index contributed by atoms with van der Waals surface area (Å²) in [5, 5.41) is 2.84. The highest BCUT2D eigenvalue weighted by molar-refractivity contribution is 7.89. The van der Waals surface area contributed by atoms with Gasteiger partial charge in [0, 0.05) is 19.1 Å². The number of sulfonamides is 1. The van der Waals surface area contributed by atoms with Crippen LogP contribution in [-0.4, -0.2) is 37.8 Å². The number of hydrogen-bond acceptors (Lipinski definition) is 4. The van der Waals surface area contributed by atoms with E-state index in [9.17, 15) is 13.2 Å². The Morgan fingerprint density at radius 3 is 2.57 bits per heavy atom. The minimum atomic E-state index is -3.61. The van der Waals surface area contributed by atoms with Crippen LogP contribution in [0.15, 0.2) is 21.6 Å². The molecule has 7 heteroatoms. The van der Waals surface area contributed by atoms with Gasteiger partial charge in [-0.2, -0.15) is 4.31 Å². The molecular weight excluding hydrogens is 316 g/mol. The van der Waals surface area contributed by atoms with Crippen LogP contribution in [0.2, 0.25) is 0 Å². The zero-order valence-electron chi connectivity index (χ0n) is 13.5. The van der Waals surface area contributed by atoms with E-state index in [1.54, 1.807) is 0 Å². The molecule has 1 aromatic heterocycles. The molecule has 1 aliphatic carbocycles. The summed E-state index contributed by atoms with van der Waals surface area (Å²) in [6.45, 7) is 3.17. The summed E-state index contributed by atoms with van der Waals surface area (Å²) in [7, 11) is -3.61. The van der Waals surface area contributed by atoms with Crippen molar-refractivity contribution in [2.24, 2.45) is 5.92 Å². The lowest BCUT2D eigenvalue weighted by molar-refractivity contribution is 0.0876. The standard InChI is InChI=1S/C16H24N2O4S/c1-12-6-2-3-7-13(12)17-16(19)14-8-9-15(22-14)23(20,21)18-10-4-5-11-18/h8-9,12-13H,2-7,10-11H2,1H3,(H,17,19). The number of nitrogens with one attached hydrogen (secondary N) is 1. The maximum absolute atomic E-state index is 12.4. The first-order valence-corrected chi connectivity index (χ1v) is 9.83. The molecule has 6 nitrogen and oxygen atoms in total. The zero-order chi connectivity index (χ0) is 16.4. The number of rotatable bonds is 4. The minimum Gasteiger partial charge on any atom is -0.438 e. The Labute approximate surface area is 137 Å². The van der Waals surface area contributed by atoms with Crippen LogP contribution in [0.1, 0.15) is 56.0 Å². The molecule has 3 rings (SSSR count). The second-order valence-electron chi connectivity index (χ2n) is 6.57. The van der Waals surface area contributed by atoms with E-state index in [2.05, 4.69) is 12.2 Å². The van der Waals surface area contributed by atoms with E-state index in [-0.39, 0.29) is 22.8 Å². The molecule has 0 bridgehead atoms. The largest absolute Gasteiger partial charge is 0.438 e. The summed E-state index contributed by atoms with van der Waals surface area (Å²) in [6, 6.07) is 2.97. The Morgan fingerprint density at radius 1 is 1.17 bits per heavy atom. The van der Waals surface area contributed by atoms with Crippen molar-refractivity contribution in [3.63, 3.8) is 0 Å². The molecule has 128 valence electrons. The van der Waals surface area contributed by atoms with Crippen molar-refractivity contribution in [3.8, 4) is 0 Å². The molecule has 1 N–H and O–H groups in total. The summed E-state index contributed by atoms with van der Waals surface area (Å²) in [5.41, 5.74) is 0. The van der Waals surface area contributed by atoms with Crippen molar-refractivity contribution in [1.82, 2.24) is 9.62 Å². The van der Waals surface area contributed by atoms with E-state index in [0.717, 1.165) is 32.1 Å². The van der Waals surface area contributed by atoms with Gasteiger partial charge in [0.15, 0.2) is 5.76 Å².